The molecule has 0 aliphatic heterocycles. The van der Waals surface area contributed by atoms with Gasteiger partial charge in [-0.15, -0.1) is 0 Å². The number of phenols is 2. The zero-order valence-corrected chi connectivity index (χ0v) is 31.8. The number of carbonyl (C=O) groups is 1. The number of phenolic OH excluding ortho intramolecular Hbond substituents is 1. The van der Waals surface area contributed by atoms with Crippen molar-refractivity contribution in [2.45, 2.75) is 117 Å². The number of aromatic hydroxyl groups is 2. The average molecular weight is 724 g/mol. The molecule has 0 radical (unpaired) electrons. The predicted molar refractivity (Wildman–Crippen MR) is 199 cm³/mol. The Morgan fingerprint density at radius 1 is 0.720 bits per heavy atom. The minimum absolute atomic E-state index is 0. The van der Waals surface area contributed by atoms with E-state index in [4.69, 9.17) is 4.98 Å². The Hall–Kier alpha value is -4.01. The van der Waals surface area contributed by atoms with E-state index in [2.05, 4.69) is 121 Å². The van der Waals surface area contributed by atoms with E-state index >= 15 is 0 Å². The smallest absolute Gasteiger partial charge is 0.545 e. The van der Waals surface area contributed by atoms with Gasteiger partial charge in [0.2, 0.25) is 0 Å². The number of aryl methyl sites for hydroxylation is 2. The Morgan fingerprint density at radius 2 is 1.18 bits per heavy atom. The van der Waals surface area contributed by atoms with Crippen molar-refractivity contribution < 1.29 is 36.9 Å². The molecule has 8 heteroatoms. The summed E-state index contributed by atoms with van der Waals surface area (Å²) in [7, 11) is 0. The van der Waals surface area contributed by atoms with Crippen molar-refractivity contribution in [2.75, 3.05) is 10.6 Å². The number of para-hydroxylation sites is 2. The molecule has 7 nitrogen and oxygen atoms in total. The summed E-state index contributed by atoms with van der Waals surface area (Å²) in [5.74, 6) is -1.34. The van der Waals surface area contributed by atoms with E-state index in [1.54, 1.807) is 6.07 Å². The number of hydrogen-bond acceptors (Lipinski definition) is 7. The van der Waals surface area contributed by atoms with Crippen LogP contribution in [0.3, 0.4) is 0 Å². The van der Waals surface area contributed by atoms with Crippen LogP contribution in [0.25, 0.3) is 0 Å². The van der Waals surface area contributed by atoms with Gasteiger partial charge in [0.25, 0.3) is 0 Å². The van der Waals surface area contributed by atoms with Crippen LogP contribution in [0.2, 0.25) is 0 Å². The van der Waals surface area contributed by atoms with Crippen LogP contribution in [0.15, 0.2) is 66.7 Å². The van der Waals surface area contributed by atoms with Gasteiger partial charge in [0, 0.05) is 16.9 Å². The molecule has 1 heterocycles. The van der Waals surface area contributed by atoms with Gasteiger partial charge in [0.15, 0.2) is 11.5 Å². The number of anilines is 2. The largest absolute Gasteiger partial charge is 1.00 e. The van der Waals surface area contributed by atoms with Crippen LogP contribution in [0.1, 0.15) is 153 Å². The first-order valence-electron chi connectivity index (χ1n) is 17.7. The number of carboxylic acids is 1. The first kappa shape index (κ1) is 40.4. The Labute approximate surface area is 309 Å². The number of rotatable bonds is 10. The third-order valence-electron chi connectivity index (χ3n) is 9.69. The van der Waals surface area contributed by atoms with E-state index in [1.165, 1.54) is 46.1 Å². The SMILES string of the molecule is Cc1cccc(C(C)C)c1NC(C)c1cccc(C(C)Nc2c(C)cccc2C(C)C)n1.O=C([O-])c1c(C2CCCCC2)ccc(O)c1O.[Co+]. The third-order valence-corrected chi connectivity index (χ3v) is 9.69. The van der Waals surface area contributed by atoms with Gasteiger partial charge >= 0.3 is 16.8 Å². The molecule has 2 unspecified atom stereocenters. The number of benzene rings is 3. The fourth-order valence-electron chi connectivity index (χ4n) is 6.83. The minimum Gasteiger partial charge on any atom is -0.545 e. The molecule has 50 heavy (non-hydrogen) atoms. The summed E-state index contributed by atoms with van der Waals surface area (Å²) in [6.45, 7) is 17.7. The maximum atomic E-state index is 11.1. The summed E-state index contributed by atoms with van der Waals surface area (Å²) in [5.41, 5.74) is 10.2. The average Bonchev–Trinajstić information content (AvgIpc) is 3.08. The van der Waals surface area contributed by atoms with Gasteiger partial charge < -0.3 is 30.7 Å². The molecule has 4 aromatic rings. The van der Waals surface area contributed by atoms with Gasteiger partial charge in [-0.1, -0.05) is 95.5 Å². The van der Waals surface area contributed by atoms with E-state index in [-0.39, 0.29) is 40.3 Å². The van der Waals surface area contributed by atoms with Gasteiger partial charge in [-0.25, -0.2) is 0 Å². The zero-order valence-electron chi connectivity index (χ0n) is 30.8. The second kappa shape index (κ2) is 18.3. The topological polar surface area (TPSA) is 118 Å². The van der Waals surface area contributed by atoms with Gasteiger partial charge in [-0.3, -0.25) is 4.98 Å². The predicted octanol–water partition coefficient (Wildman–Crippen LogP) is 9.80. The van der Waals surface area contributed by atoms with Crippen molar-refractivity contribution in [2.24, 2.45) is 0 Å². The molecular weight excluding hydrogens is 669 g/mol. The van der Waals surface area contributed by atoms with Crippen LogP contribution in [0, 0.1) is 13.8 Å². The zero-order chi connectivity index (χ0) is 35.8. The van der Waals surface area contributed by atoms with Gasteiger partial charge in [-0.2, -0.15) is 0 Å². The van der Waals surface area contributed by atoms with Crippen molar-refractivity contribution in [3.8, 4) is 11.5 Å². The summed E-state index contributed by atoms with van der Waals surface area (Å²) in [6, 6.07) is 22.6. The Kier molecular flexibility index (Phi) is 14.8. The molecule has 5 rings (SSSR count). The van der Waals surface area contributed by atoms with Crippen LogP contribution in [-0.4, -0.2) is 21.2 Å². The van der Waals surface area contributed by atoms with E-state index < -0.39 is 17.5 Å². The first-order valence-corrected chi connectivity index (χ1v) is 17.7. The summed E-state index contributed by atoms with van der Waals surface area (Å²) in [4.78, 5) is 16.1. The molecule has 0 spiro atoms. The molecule has 0 amide bonds. The molecule has 1 saturated carbocycles. The molecule has 3 aromatic carbocycles. The number of nitrogens with zero attached hydrogens (tertiary/aromatic N) is 1. The summed E-state index contributed by atoms with van der Waals surface area (Å²) in [6.07, 6.45) is 5.15. The van der Waals surface area contributed by atoms with Crippen LogP contribution in [0.5, 0.6) is 11.5 Å². The second-order valence-corrected chi connectivity index (χ2v) is 14.1. The third kappa shape index (κ3) is 9.82. The maximum absolute atomic E-state index is 11.1. The second-order valence-electron chi connectivity index (χ2n) is 14.1. The number of aromatic nitrogens is 1. The quantitative estimate of drug-likeness (QED) is 0.120. The molecule has 0 saturated heterocycles. The van der Waals surface area contributed by atoms with Gasteiger partial charge in [0.05, 0.1) is 29.4 Å². The Bertz CT molecular complexity index is 1650. The molecule has 1 aromatic heterocycles. The number of pyridine rings is 1. The summed E-state index contributed by atoms with van der Waals surface area (Å²) < 4.78 is 0. The van der Waals surface area contributed by atoms with Crippen LogP contribution < -0.4 is 15.7 Å². The van der Waals surface area contributed by atoms with E-state index in [1.807, 2.05) is 0 Å². The van der Waals surface area contributed by atoms with Crippen molar-refractivity contribution >= 4 is 17.3 Å². The number of hydrogen-bond donors (Lipinski definition) is 4. The van der Waals surface area contributed by atoms with Crippen molar-refractivity contribution in [1.29, 1.82) is 0 Å². The van der Waals surface area contributed by atoms with Crippen molar-refractivity contribution in [1.82, 2.24) is 4.98 Å². The van der Waals surface area contributed by atoms with Crippen LogP contribution in [-0.2, 0) is 16.8 Å². The number of carbonyl (C=O) groups excluding carboxylic acids is 1. The molecule has 2 atom stereocenters. The van der Waals surface area contributed by atoms with Gasteiger partial charge in [0.1, 0.15) is 0 Å². The molecule has 0 bridgehead atoms. The van der Waals surface area contributed by atoms with Crippen molar-refractivity contribution in [3.63, 3.8) is 0 Å². The number of aromatic carboxylic acids is 1. The van der Waals surface area contributed by atoms with E-state index in [9.17, 15) is 20.1 Å². The Morgan fingerprint density at radius 3 is 1.62 bits per heavy atom. The molecule has 1 fully saturated rings. The van der Waals surface area contributed by atoms with Gasteiger partial charge in [-0.05, 0) is 104 Å². The fraction of sp³-hybridized carbons (Fsp3) is 0.429. The normalized spacial score (nSPS) is 14.3. The van der Waals surface area contributed by atoms with Crippen molar-refractivity contribution in [3.05, 3.63) is 111 Å². The molecule has 1 aliphatic rings. The number of nitrogens with one attached hydrogen (secondary N) is 2. The molecular formula is C42H54CoN3O4. The number of carboxylic acid groups (broad SMARTS) is 1. The monoisotopic (exact) mass is 723 g/mol. The van der Waals surface area contributed by atoms with Crippen LogP contribution >= 0.6 is 0 Å². The maximum Gasteiger partial charge on any atom is 1.00 e. The summed E-state index contributed by atoms with van der Waals surface area (Å²) in [5, 5.41) is 37.5. The standard InChI is InChI=1S/C29H39N3.C13H16O4.Co/c1-18(2)24-14-9-12-20(5)28(24)30-22(7)26-16-11-17-27(32-26)23(8)31-29-21(6)13-10-15-25(29)19(3)4;14-10-7-6-9(8-4-2-1-3-5-8)11(12(10)15)13(16)17;/h9-19,22-23,30-31H,1-8H3;6-8,14-15H,1-5H2,(H,16,17);/q;;+1/p-1. The van der Waals surface area contributed by atoms with Crippen LogP contribution in [0.4, 0.5) is 11.4 Å². The summed E-state index contributed by atoms with van der Waals surface area (Å²) >= 11 is 0. The minimum atomic E-state index is -1.43. The molecule has 4 N–H and O–H groups in total. The van der Waals surface area contributed by atoms with E-state index in [0.717, 1.165) is 37.1 Å². The van der Waals surface area contributed by atoms with E-state index in [0.29, 0.717) is 17.4 Å². The molecule has 270 valence electrons. The Balaban J connectivity index is 0.000000316. The fourth-order valence-corrected chi connectivity index (χ4v) is 6.83. The molecule has 1 aliphatic carbocycles. The first-order chi connectivity index (χ1) is 23.3.